The van der Waals surface area contributed by atoms with Crippen molar-refractivity contribution in [2.45, 2.75) is 356 Å². The first-order chi connectivity index (χ1) is 41.8. The van der Waals surface area contributed by atoms with Crippen LogP contribution in [0.3, 0.4) is 0 Å². The number of carbonyl (C=O) groups excluding carboxylic acids is 4. The van der Waals surface area contributed by atoms with Crippen LogP contribution >= 0.6 is 15.6 Å². The van der Waals surface area contributed by atoms with E-state index in [4.69, 9.17) is 37.0 Å². The van der Waals surface area contributed by atoms with E-state index < -0.39 is 97.5 Å². The first-order valence-corrected chi connectivity index (χ1v) is 38.4. The summed E-state index contributed by atoms with van der Waals surface area (Å²) in [6.45, 7) is 11.8. The van der Waals surface area contributed by atoms with Crippen molar-refractivity contribution in [3.05, 3.63) is 0 Å². The van der Waals surface area contributed by atoms with Gasteiger partial charge in [0, 0.05) is 25.7 Å². The van der Waals surface area contributed by atoms with Crippen molar-refractivity contribution < 1.29 is 80.2 Å². The number of hydrogen-bond donors (Lipinski definition) is 3. The van der Waals surface area contributed by atoms with E-state index in [1.165, 1.54) is 148 Å². The molecule has 0 fully saturated rings. The third-order valence-corrected chi connectivity index (χ3v) is 18.3. The third-order valence-electron chi connectivity index (χ3n) is 16.4. The Balaban J connectivity index is 5.26. The highest BCUT2D eigenvalue weighted by molar-refractivity contribution is 7.47. The summed E-state index contributed by atoms with van der Waals surface area (Å²) in [5.41, 5.74) is 0. The minimum Gasteiger partial charge on any atom is -0.462 e. The van der Waals surface area contributed by atoms with Gasteiger partial charge in [-0.25, -0.2) is 9.13 Å². The second kappa shape index (κ2) is 59.1. The number of rotatable bonds is 66. The molecule has 0 saturated carbocycles. The normalized spacial score (nSPS) is 14.9. The lowest BCUT2D eigenvalue weighted by atomic mass is 9.99. The summed E-state index contributed by atoms with van der Waals surface area (Å²) in [4.78, 5) is 72.4. The molecule has 0 heterocycles. The molecule has 0 amide bonds. The van der Waals surface area contributed by atoms with E-state index in [0.29, 0.717) is 25.7 Å². The summed E-state index contributed by atoms with van der Waals surface area (Å²) in [7, 11) is -9.90. The minimum absolute atomic E-state index is 0.105. The zero-order chi connectivity index (χ0) is 64.5. The van der Waals surface area contributed by atoms with E-state index >= 15 is 0 Å². The van der Waals surface area contributed by atoms with Gasteiger partial charge in [0.25, 0.3) is 0 Å². The van der Waals surface area contributed by atoms with E-state index in [0.717, 1.165) is 108 Å². The van der Waals surface area contributed by atoms with E-state index in [1.807, 2.05) is 0 Å². The molecule has 0 spiro atoms. The Morgan fingerprint density at radius 3 is 0.874 bits per heavy atom. The quantitative estimate of drug-likeness (QED) is 0.0222. The molecule has 0 aliphatic rings. The van der Waals surface area contributed by atoms with Crippen LogP contribution in [0.4, 0.5) is 0 Å². The SMILES string of the molecule is CCCCCCCCCCCC(=O)OC[C@H](COP(=O)(O)OC[C@H](O)COP(=O)(O)OC[C@@H](COC(=O)CCCCCCCCCCC(C)CC)OC(=O)CCCCCCCCCCCCCC(C)C)OC(=O)CCCCCCCCCCC(C)CC. The molecular formula is C68H132O17P2. The van der Waals surface area contributed by atoms with Gasteiger partial charge in [0.1, 0.15) is 19.3 Å². The number of phosphoric acid groups is 2. The highest BCUT2D eigenvalue weighted by Gasteiger charge is 2.30. The second-order valence-electron chi connectivity index (χ2n) is 25.5. The predicted molar refractivity (Wildman–Crippen MR) is 349 cm³/mol. The smallest absolute Gasteiger partial charge is 0.462 e. The lowest BCUT2D eigenvalue weighted by molar-refractivity contribution is -0.161. The van der Waals surface area contributed by atoms with Gasteiger partial charge in [0.2, 0.25) is 0 Å². The maximum Gasteiger partial charge on any atom is 0.472 e. The lowest BCUT2D eigenvalue weighted by Crippen LogP contribution is -2.30. The van der Waals surface area contributed by atoms with Gasteiger partial charge in [-0.2, -0.15) is 0 Å². The number of aliphatic hydroxyl groups is 1. The molecule has 3 N–H and O–H groups in total. The Kier molecular flexibility index (Phi) is 57.8. The third kappa shape index (κ3) is 60.1. The lowest BCUT2D eigenvalue weighted by Gasteiger charge is -2.21. The van der Waals surface area contributed by atoms with Crippen molar-refractivity contribution in [1.82, 2.24) is 0 Å². The monoisotopic (exact) mass is 1280 g/mol. The minimum atomic E-state index is -4.95. The Labute approximate surface area is 530 Å². The highest BCUT2D eigenvalue weighted by Crippen LogP contribution is 2.45. The summed E-state index contributed by atoms with van der Waals surface area (Å²) in [5, 5.41) is 10.6. The maximum absolute atomic E-state index is 13.0. The van der Waals surface area contributed by atoms with Crippen LogP contribution in [0.25, 0.3) is 0 Å². The molecule has 0 aliphatic heterocycles. The Morgan fingerprint density at radius 2 is 0.586 bits per heavy atom. The van der Waals surface area contributed by atoms with Crippen molar-refractivity contribution in [3.8, 4) is 0 Å². The molecule has 17 nitrogen and oxygen atoms in total. The van der Waals surface area contributed by atoms with Crippen molar-refractivity contribution >= 4 is 39.5 Å². The first kappa shape index (κ1) is 85.1. The standard InChI is InChI=1S/C68H132O17P2/c1-8-11-12-13-14-18-28-35-42-49-65(70)78-55-64(85-68(73)52-45-38-31-24-22-27-34-41-48-61(7)10-3)58-83-87(76,77)81-54-62(69)53-80-86(74,75)82-57-63(56-79-66(71)50-43-36-29-23-21-26-33-40-47-60(6)9-2)84-67(72)51-44-37-30-20-17-15-16-19-25-32-39-46-59(4)5/h59-64,69H,8-58H2,1-7H3,(H,74,75)(H,76,77)/t60?,61?,62-,63-,64-/m1/s1. The molecule has 0 bridgehead atoms. The Morgan fingerprint density at radius 1 is 0.333 bits per heavy atom. The van der Waals surface area contributed by atoms with Crippen molar-refractivity contribution in [1.29, 1.82) is 0 Å². The van der Waals surface area contributed by atoms with Gasteiger partial charge in [-0.15, -0.1) is 0 Å². The molecule has 87 heavy (non-hydrogen) atoms. The van der Waals surface area contributed by atoms with Gasteiger partial charge in [-0.1, -0.05) is 286 Å². The molecule has 0 rings (SSSR count). The summed E-state index contributed by atoms with van der Waals surface area (Å²) in [6.07, 6.45) is 41.5. The number of unbranched alkanes of at least 4 members (excludes halogenated alkanes) is 32. The second-order valence-corrected chi connectivity index (χ2v) is 28.4. The van der Waals surface area contributed by atoms with Gasteiger partial charge >= 0.3 is 39.5 Å². The van der Waals surface area contributed by atoms with E-state index in [9.17, 15) is 43.2 Å². The van der Waals surface area contributed by atoms with Crippen LogP contribution in [0.15, 0.2) is 0 Å². The fourth-order valence-corrected chi connectivity index (χ4v) is 11.7. The summed E-state index contributed by atoms with van der Waals surface area (Å²) < 4.78 is 68.2. The fourth-order valence-electron chi connectivity index (χ4n) is 10.1. The Bertz CT molecular complexity index is 1720. The number of aliphatic hydroxyl groups excluding tert-OH is 1. The van der Waals surface area contributed by atoms with Crippen LogP contribution < -0.4 is 0 Å². The van der Waals surface area contributed by atoms with Gasteiger partial charge in [-0.05, 0) is 43.4 Å². The molecule has 516 valence electrons. The number of ether oxygens (including phenoxy) is 4. The van der Waals surface area contributed by atoms with E-state index in [-0.39, 0.29) is 25.7 Å². The first-order valence-electron chi connectivity index (χ1n) is 35.4. The predicted octanol–water partition coefficient (Wildman–Crippen LogP) is 19.1. The summed E-state index contributed by atoms with van der Waals surface area (Å²) in [5.74, 6) is 0.181. The van der Waals surface area contributed by atoms with E-state index in [2.05, 4.69) is 48.5 Å². The molecule has 0 aromatic heterocycles. The van der Waals surface area contributed by atoms with Crippen LogP contribution in [0, 0.1) is 17.8 Å². The topological polar surface area (TPSA) is 237 Å². The van der Waals surface area contributed by atoms with Gasteiger partial charge in [0.05, 0.1) is 26.4 Å². The van der Waals surface area contributed by atoms with Crippen LogP contribution in [-0.4, -0.2) is 96.7 Å². The molecule has 7 atom stereocenters. The van der Waals surface area contributed by atoms with E-state index in [1.54, 1.807) is 0 Å². The number of esters is 4. The van der Waals surface area contributed by atoms with Gasteiger partial charge < -0.3 is 33.8 Å². The van der Waals surface area contributed by atoms with Crippen LogP contribution in [0.1, 0.15) is 337 Å². The average molecular weight is 1280 g/mol. The average Bonchev–Trinajstić information content (AvgIpc) is 3.65. The molecule has 0 aliphatic carbocycles. The number of carbonyl (C=O) groups is 4. The van der Waals surface area contributed by atoms with Crippen molar-refractivity contribution in [2.75, 3.05) is 39.6 Å². The molecule has 0 aromatic rings. The van der Waals surface area contributed by atoms with Crippen LogP contribution in [0.5, 0.6) is 0 Å². The zero-order valence-electron chi connectivity index (χ0n) is 56.5. The van der Waals surface area contributed by atoms with Gasteiger partial charge in [-0.3, -0.25) is 37.3 Å². The van der Waals surface area contributed by atoms with Crippen molar-refractivity contribution in [3.63, 3.8) is 0 Å². The molecule has 0 saturated heterocycles. The molecule has 0 aromatic carbocycles. The number of hydrogen-bond acceptors (Lipinski definition) is 15. The summed E-state index contributed by atoms with van der Waals surface area (Å²) in [6, 6.07) is 0. The maximum atomic E-state index is 13.0. The molecular weight excluding hydrogens is 1150 g/mol. The zero-order valence-corrected chi connectivity index (χ0v) is 58.3. The largest absolute Gasteiger partial charge is 0.472 e. The molecule has 4 unspecified atom stereocenters. The number of phosphoric ester groups is 2. The van der Waals surface area contributed by atoms with Crippen LogP contribution in [-0.2, 0) is 65.4 Å². The van der Waals surface area contributed by atoms with Gasteiger partial charge in [0.15, 0.2) is 12.2 Å². The Hall–Kier alpha value is -1.94. The summed E-state index contributed by atoms with van der Waals surface area (Å²) >= 11 is 0. The highest BCUT2D eigenvalue weighted by atomic mass is 31.2. The molecule has 0 radical (unpaired) electrons. The van der Waals surface area contributed by atoms with Crippen LogP contribution in [0.2, 0.25) is 0 Å². The molecule has 19 heteroatoms. The fraction of sp³-hybridized carbons (Fsp3) is 0.941. The van der Waals surface area contributed by atoms with Crippen molar-refractivity contribution in [2.24, 2.45) is 17.8 Å².